The second kappa shape index (κ2) is 10.0. The second-order valence-corrected chi connectivity index (χ2v) is 7.88. The quantitative estimate of drug-likeness (QED) is 0.422. The largest absolute Gasteiger partial charge is 0.480 e. The van der Waals surface area contributed by atoms with Gasteiger partial charge in [-0.15, -0.1) is 6.58 Å². The minimum absolute atomic E-state index is 0.0725. The van der Waals surface area contributed by atoms with E-state index in [0.717, 1.165) is 22.3 Å². The Morgan fingerprint density at radius 3 is 2.15 bits per heavy atom. The molecule has 7 nitrogen and oxygen atoms in total. The van der Waals surface area contributed by atoms with Gasteiger partial charge in [0.15, 0.2) is 0 Å². The number of carbonyl (C=O) groups is 3. The number of ether oxygens (including phenoxy) is 1. The molecule has 172 valence electrons. The van der Waals surface area contributed by atoms with Crippen molar-refractivity contribution in [1.82, 2.24) is 5.32 Å². The summed E-state index contributed by atoms with van der Waals surface area (Å²) in [4.78, 5) is 36.7. The first-order valence-corrected chi connectivity index (χ1v) is 10.8. The van der Waals surface area contributed by atoms with Crippen molar-refractivity contribution in [3.8, 4) is 11.1 Å². The number of carbonyl (C=O) groups excluding carboxylic acids is 2. The van der Waals surface area contributed by atoms with Crippen molar-refractivity contribution in [2.75, 3.05) is 11.9 Å². The molecular weight excluding hydrogens is 432 g/mol. The van der Waals surface area contributed by atoms with Gasteiger partial charge in [-0.2, -0.15) is 0 Å². The van der Waals surface area contributed by atoms with Gasteiger partial charge in [-0.1, -0.05) is 66.7 Å². The van der Waals surface area contributed by atoms with Gasteiger partial charge >= 0.3 is 12.1 Å². The molecule has 1 unspecified atom stereocenters. The van der Waals surface area contributed by atoms with E-state index in [1.807, 2.05) is 36.4 Å². The Kier molecular flexibility index (Phi) is 6.73. The van der Waals surface area contributed by atoms with Crippen molar-refractivity contribution in [2.45, 2.75) is 18.4 Å². The highest BCUT2D eigenvalue weighted by Crippen LogP contribution is 2.44. The lowest BCUT2D eigenvalue weighted by Gasteiger charge is -2.17. The van der Waals surface area contributed by atoms with Gasteiger partial charge in [0.2, 0.25) is 0 Å². The van der Waals surface area contributed by atoms with E-state index >= 15 is 0 Å². The summed E-state index contributed by atoms with van der Waals surface area (Å²) in [6.45, 7) is 3.65. The number of fused-ring (bicyclic) bond motifs is 3. The standard InChI is InChI=1S/C27H24N2O5/c1-2-9-24(26(31)32)28-25(30)21-14-7-8-15-23(21)29-27(33)34-16-22-19-12-5-3-10-17(19)18-11-4-6-13-20(18)22/h2-8,10-15,22,24H,1,9,16H2,(H,28,30)(H,29,33)(H,31,32). The van der Waals surface area contributed by atoms with E-state index < -0.39 is 24.0 Å². The first-order valence-electron chi connectivity index (χ1n) is 10.8. The molecule has 34 heavy (non-hydrogen) atoms. The molecule has 0 saturated heterocycles. The molecule has 0 aliphatic heterocycles. The predicted octanol–water partition coefficient (Wildman–Crippen LogP) is 4.81. The Hall–Kier alpha value is -4.39. The third kappa shape index (κ3) is 4.68. The van der Waals surface area contributed by atoms with Crippen molar-refractivity contribution in [1.29, 1.82) is 0 Å². The summed E-state index contributed by atoms with van der Waals surface area (Å²) < 4.78 is 5.55. The van der Waals surface area contributed by atoms with Crippen LogP contribution in [0.1, 0.15) is 33.8 Å². The third-order valence-electron chi connectivity index (χ3n) is 5.76. The van der Waals surface area contributed by atoms with Crippen LogP contribution in [0.4, 0.5) is 10.5 Å². The Morgan fingerprint density at radius 2 is 1.53 bits per heavy atom. The molecule has 0 aromatic heterocycles. The number of hydrogen-bond acceptors (Lipinski definition) is 4. The van der Waals surface area contributed by atoms with E-state index in [1.165, 1.54) is 12.1 Å². The molecule has 0 saturated carbocycles. The van der Waals surface area contributed by atoms with E-state index in [0.29, 0.717) is 0 Å². The zero-order valence-corrected chi connectivity index (χ0v) is 18.4. The highest BCUT2D eigenvalue weighted by molar-refractivity contribution is 6.03. The van der Waals surface area contributed by atoms with Gasteiger partial charge < -0.3 is 15.2 Å². The van der Waals surface area contributed by atoms with Crippen LogP contribution < -0.4 is 10.6 Å². The molecule has 1 atom stereocenters. The summed E-state index contributed by atoms with van der Waals surface area (Å²) in [6, 6.07) is 21.3. The van der Waals surface area contributed by atoms with Gasteiger partial charge in [0.25, 0.3) is 5.91 Å². The smallest absolute Gasteiger partial charge is 0.411 e. The minimum Gasteiger partial charge on any atom is -0.480 e. The van der Waals surface area contributed by atoms with Gasteiger partial charge in [-0.25, -0.2) is 9.59 Å². The van der Waals surface area contributed by atoms with E-state index in [-0.39, 0.29) is 30.2 Å². The molecule has 0 heterocycles. The monoisotopic (exact) mass is 456 g/mol. The lowest BCUT2D eigenvalue weighted by Crippen LogP contribution is -2.40. The maximum absolute atomic E-state index is 12.7. The van der Waals surface area contributed by atoms with Crippen molar-refractivity contribution < 1.29 is 24.2 Å². The third-order valence-corrected chi connectivity index (χ3v) is 5.76. The number of rotatable bonds is 8. The fourth-order valence-electron chi connectivity index (χ4n) is 4.16. The van der Waals surface area contributed by atoms with Crippen LogP contribution in [0.5, 0.6) is 0 Å². The molecule has 4 rings (SSSR count). The minimum atomic E-state index is -1.17. The normalized spacial score (nSPS) is 12.7. The fraction of sp³-hybridized carbons (Fsp3) is 0.148. The van der Waals surface area contributed by atoms with Crippen molar-refractivity contribution in [3.63, 3.8) is 0 Å². The average molecular weight is 456 g/mol. The van der Waals surface area contributed by atoms with Crippen molar-refractivity contribution in [2.24, 2.45) is 0 Å². The van der Waals surface area contributed by atoms with E-state index in [2.05, 4.69) is 29.3 Å². The SMILES string of the molecule is C=CCC(NC(=O)c1ccccc1NC(=O)OCC1c2ccccc2-c2ccccc21)C(=O)O. The maximum Gasteiger partial charge on any atom is 0.411 e. The molecule has 0 bridgehead atoms. The highest BCUT2D eigenvalue weighted by Gasteiger charge is 2.29. The summed E-state index contributed by atoms with van der Waals surface area (Å²) in [5, 5.41) is 14.3. The lowest BCUT2D eigenvalue weighted by molar-refractivity contribution is -0.139. The average Bonchev–Trinajstić information content (AvgIpc) is 3.16. The second-order valence-electron chi connectivity index (χ2n) is 7.88. The van der Waals surface area contributed by atoms with Crippen LogP contribution >= 0.6 is 0 Å². The zero-order chi connectivity index (χ0) is 24.1. The topological polar surface area (TPSA) is 105 Å². The molecule has 0 spiro atoms. The Morgan fingerprint density at radius 1 is 0.941 bits per heavy atom. The Labute approximate surface area is 197 Å². The summed E-state index contributed by atoms with van der Waals surface area (Å²) >= 11 is 0. The van der Waals surface area contributed by atoms with Crippen LogP contribution in [-0.4, -0.2) is 35.7 Å². The summed E-state index contributed by atoms with van der Waals surface area (Å²) in [7, 11) is 0. The number of amides is 2. The molecule has 7 heteroatoms. The summed E-state index contributed by atoms with van der Waals surface area (Å²) in [5.74, 6) is -1.88. The molecule has 0 radical (unpaired) electrons. The van der Waals surface area contributed by atoms with Gasteiger partial charge in [0, 0.05) is 5.92 Å². The lowest BCUT2D eigenvalue weighted by atomic mass is 9.98. The van der Waals surface area contributed by atoms with Crippen molar-refractivity contribution in [3.05, 3.63) is 102 Å². The molecule has 0 fully saturated rings. The number of para-hydroxylation sites is 1. The summed E-state index contributed by atoms with van der Waals surface area (Å²) in [5.41, 5.74) is 4.80. The van der Waals surface area contributed by atoms with Crippen LogP contribution in [0.25, 0.3) is 11.1 Å². The molecule has 3 aromatic carbocycles. The molecule has 3 N–H and O–H groups in total. The van der Waals surface area contributed by atoms with Crippen LogP contribution in [0.2, 0.25) is 0 Å². The van der Waals surface area contributed by atoms with Crippen molar-refractivity contribution >= 4 is 23.7 Å². The van der Waals surface area contributed by atoms with Gasteiger partial charge in [0.1, 0.15) is 12.6 Å². The van der Waals surface area contributed by atoms with E-state index in [9.17, 15) is 19.5 Å². The summed E-state index contributed by atoms with van der Waals surface area (Å²) in [6.07, 6.45) is 0.783. The predicted molar refractivity (Wildman–Crippen MR) is 129 cm³/mol. The molecule has 3 aromatic rings. The molecule has 1 aliphatic carbocycles. The Balaban J connectivity index is 1.45. The Bertz CT molecular complexity index is 1210. The van der Waals surface area contributed by atoms with Crippen LogP contribution in [0.3, 0.4) is 0 Å². The number of carboxylic acids is 1. The number of nitrogens with one attached hydrogen (secondary N) is 2. The van der Waals surface area contributed by atoms with Gasteiger partial charge in [-0.05, 0) is 40.8 Å². The van der Waals surface area contributed by atoms with Gasteiger partial charge in [-0.3, -0.25) is 10.1 Å². The maximum atomic E-state index is 12.7. The number of aliphatic carboxylic acids is 1. The first kappa shape index (κ1) is 22.8. The van der Waals surface area contributed by atoms with Crippen LogP contribution in [-0.2, 0) is 9.53 Å². The van der Waals surface area contributed by atoms with E-state index in [4.69, 9.17) is 4.74 Å². The van der Waals surface area contributed by atoms with Crippen LogP contribution in [0, 0.1) is 0 Å². The number of carboxylic acid groups (broad SMARTS) is 1. The number of hydrogen-bond donors (Lipinski definition) is 3. The van der Waals surface area contributed by atoms with Crippen LogP contribution in [0.15, 0.2) is 85.5 Å². The fourth-order valence-corrected chi connectivity index (χ4v) is 4.16. The zero-order valence-electron chi connectivity index (χ0n) is 18.4. The first-order chi connectivity index (χ1) is 16.5. The molecular formula is C27H24N2O5. The number of benzene rings is 3. The van der Waals surface area contributed by atoms with E-state index in [1.54, 1.807) is 18.2 Å². The molecule has 1 aliphatic rings. The number of anilines is 1. The van der Waals surface area contributed by atoms with Gasteiger partial charge in [0.05, 0.1) is 11.3 Å². The molecule has 2 amide bonds. The highest BCUT2D eigenvalue weighted by atomic mass is 16.5.